The molecule has 0 spiro atoms. The Kier molecular flexibility index (Phi) is 3.97. The van der Waals surface area contributed by atoms with Gasteiger partial charge in [0.25, 0.3) is 0 Å². The zero-order chi connectivity index (χ0) is 13.8. The van der Waals surface area contributed by atoms with Crippen LogP contribution in [0, 0.1) is 5.82 Å². The van der Waals surface area contributed by atoms with Gasteiger partial charge in [-0.15, -0.1) is 0 Å². The van der Waals surface area contributed by atoms with E-state index in [1.54, 1.807) is 12.3 Å². The lowest BCUT2D eigenvalue weighted by Gasteiger charge is -2.08. The van der Waals surface area contributed by atoms with Crippen LogP contribution < -0.4 is 4.74 Å². The highest BCUT2D eigenvalue weighted by molar-refractivity contribution is 6.31. The van der Waals surface area contributed by atoms with Gasteiger partial charge in [0.1, 0.15) is 6.61 Å². The molecule has 1 heterocycles. The number of rotatable bonds is 4. The quantitative estimate of drug-likeness (QED) is 0.935. The minimum absolute atomic E-state index is 0.0297. The molecule has 0 aliphatic heterocycles. The van der Waals surface area contributed by atoms with Gasteiger partial charge in [0, 0.05) is 18.0 Å². The summed E-state index contributed by atoms with van der Waals surface area (Å²) in [5.74, 6) is -1.95. The van der Waals surface area contributed by atoms with Gasteiger partial charge in [0.2, 0.25) is 0 Å². The van der Waals surface area contributed by atoms with Crippen molar-refractivity contribution in [2.45, 2.75) is 6.61 Å². The van der Waals surface area contributed by atoms with Gasteiger partial charge < -0.3 is 9.84 Å². The highest BCUT2D eigenvalue weighted by atomic mass is 35.5. The second kappa shape index (κ2) is 5.67. The first-order valence-electron chi connectivity index (χ1n) is 5.32. The Labute approximate surface area is 113 Å². The second-order valence-electron chi connectivity index (χ2n) is 3.71. The molecule has 0 saturated heterocycles. The van der Waals surface area contributed by atoms with E-state index in [0.29, 0.717) is 10.6 Å². The van der Waals surface area contributed by atoms with Crippen LogP contribution in [0.1, 0.15) is 15.9 Å². The maximum absolute atomic E-state index is 13.6. The number of halogens is 2. The summed E-state index contributed by atoms with van der Waals surface area (Å²) in [5.41, 5.74) is 0.533. The molecule has 0 bridgehead atoms. The maximum atomic E-state index is 13.6. The molecule has 0 unspecified atom stereocenters. The molecule has 2 rings (SSSR count). The van der Waals surface area contributed by atoms with Gasteiger partial charge in [-0.25, -0.2) is 9.18 Å². The van der Waals surface area contributed by atoms with Gasteiger partial charge in [-0.2, -0.15) is 0 Å². The molecule has 2 aromatic rings. The van der Waals surface area contributed by atoms with Crippen LogP contribution in [0.5, 0.6) is 5.75 Å². The van der Waals surface area contributed by atoms with E-state index < -0.39 is 11.8 Å². The first-order valence-corrected chi connectivity index (χ1v) is 5.70. The lowest BCUT2D eigenvalue weighted by Crippen LogP contribution is -2.01. The standard InChI is InChI=1S/C13H9ClFNO3/c14-10-6-16-4-3-9(10)7-19-12-2-1-8(13(17)18)5-11(12)15/h1-6H,7H2,(H,17,18). The van der Waals surface area contributed by atoms with Crippen molar-refractivity contribution in [1.29, 1.82) is 0 Å². The molecule has 0 aliphatic rings. The van der Waals surface area contributed by atoms with Crippen molar-refractivity contribution >= 4 is 17.6 Å². The largest absolute Gasteiger partial charge is 0.486 e. The third-order valence-corrected chi connectivity index (χ3v) is 2.76. The first kappa shape index (κ1) is 13.3. The average molecular weight is 282 g/mol. The van der Waals surface area contributed by atoms with Crippen molar-refractivity contribution in [1.82, 2.24) is 4.98 Å². The highest BCUT2D eigenvalue weighted by Crippen LogP contribution is 2.21. The summed E-state index contributed by atoms with van der Waals surface area (Å²) < 4.78 is 18.8. The smallest absolute Gasteiger partial charge is 0.335 e. The van der Waals surface area contributed by atoms with E-state index in [1.165, 1.54) is 18.3 Å². The Morgan fingerprint density at radius 1 is 1.42 bits per heavy atom. The normalized spacial score (nSPS) is 10.2. The summed E-state index contributed by atoms with van der Waals surface area (Å²) in [6, 6.07) is 5.11. The third-order valence-electron chi connectivity index (χ3n) is 2.42. The van der Waals surface area contributed by atoms with Crippen LogP contribution in [-0.4, -0.2) is 16.1 Å². The lowest BCUT2D eigenvalue weighted by atomic mass is 10.2. The monoisotopic (exact) mass is 281 g/mol. The van der Waals surface area contributed by atoms with E-state index in [4.69, 9.17) is 21.4 Å². The molecule has 98 valence electrons. The Hall–Kier alpha value is -2.14. The van der Waals surface area contributed by atoms with E-state index in [2.05, 4.69) is 4.98 Å². The van der Waals surface area contributed by atoms with Crippen LogP contribution in [0.25, 0.3) is 0 Å². The number of hydrogen-bond donors (Lipinski definition) is 1. The molecule has 0 amide bonds. The third kappa shape index (κ3) is 3.20. The summed E-state index contributed by atoms with van der Waals surface area (Å²) in [5, 5.41) is 9.13. The molecule has 4 nitrogen and oxygen atoms in total. The number of pyridine rings is 1. The number of carboxylic acids is 1. The first-order chi connectivity index (χ1) is 9.08. The predicted molar refractivity (Wildman–Crippen MR) is 66.9 cm³/mol. The number of hydrogen-bond acceptors (Lipinski definition) is 3. The predicted octanol–water partition coefficient (Wildman–Crippen LogP) is 3.15. The van der Waals surface area contributed by atoms with Crippen molar-refractivity contribution in [3.63, 3.8) is 0 Å². The van der Waals surface area contributed by atoms with Gasteiger partial charge in [-0.05, 0) is 24.3 Å². The molecule has 0 saturated carbocycles. The fourth-order valence-corrected chi connectivity index (χ4v) is 1.60. The topological polar surface area (TPSA) is 59.4 Å². The zero-order valence-electron chi connectivity index (χ0n) is 9.64. The molecule has 1 aromatic carbocycles. The Morgan fingerprint density at radius 2 is 2.21 bits per heavy atom. The number of carboxylic acid groups (broad SMARTS) is 1. The molecule has 0 radical (unpaired) electrons. The summed E-state index contributed by atoms with van der Waals surface area (Å²) in [6.45, 7) is 0.0741. The van der Waals surface area contributed by atoms with E-state index in [9.17, 15) is 9.18 Å². The fourth-order valence-electron chi connectivity index (χ4n) is 1.43. The molecule has 0 aliphatic carbocycles. The Morgan fingerprint density at radius 3 is 2.84 bits per heavy atom. The van der Waals surface area contributed by atoms with Gasteiger partial charge in [-0.3, -0.25) is 4.98 Å². The van der Waals surface area contributed by atoms with Crippen molar-refractivity contribution in [2.75, 3.05) is 0 Å². The van der Waals surface area contributed by atoms with Crippen LogP contribution >= 0.6 is 11.6 Å². The van der Waals surface area contributed by atoms with Crippen LogP contribution in [-0.2, 0) is 6.61 Å². The maximum Gasteiger partial charge on any atom is 0.335 e. The number of ether oxygens (including phenoxy) is 1. The minimum atomic E-state index is -1.19. The highest BCUT2D eigenvalue weighted by Gasteiger charge is 2.10. The van der Waals surface area contributed by atoms with E-state index in [1.807, 2.05) is 0 Å². The Balaban J connectivity index is 2.12. The number of carbonyl (C=O) groups is 1. The SMILES string of the molecule is O=C(O)c1ccc(OCc2ccncc2Cl)c(F)c1. The summed E-state index contributed by atoms with van der Waals surface area (Å²) in [6.07, 6.45) is 3.01. The van der Waals surface area contributed by atoms with E-state index in [-0.39, 0.29) is 17.9 Å². The average Bonchev–Trinajstić information content (AvgIpc) is 2.39. The molecule has 0 atom stereocenters. The molecule has 0 fully saturated rings. The zero-order valence-corrected chi connectivity index (χ0v) is 10.4. The Bertz CT molecular complexity index is 619. The lowest BCUT2D eigenvalue weighted by molar-refractivity contribution is 0.0696. The van der Waals surface area contributed by atoms with E-state index >= 15 is 0 Å². The molecule has 1 aromatic heterocycles. The van der Waals surface area contributed by atoms with Crippen molar-refractivity contribution < 1.29 is 19.0 Å². The van der Waals surface area contributed by atoms with Gasteiger partial charge in [0.05, 0.1) is 10.6 Å². The van der Waals surface area contributed by atoms with Crippen LogP contribution in [0.2, 0.25) is 5.02 Å². The van der Waals surface area contributed by atoms with E-state index in [0.717, 1.165) is 6.07 Å². The molecular formula is C13H9ClFNO3. The minimum Gasteiger partial charge on any atom is -0.486 e. The van der Waals surface area contributed by atoms with Gasteiger partial charge in [-0.1, -0.05) is 11.6 Å². The molecule has 6 heteroatoms. The van der Waals surface area contributed by atoms with Crippen LogP contribution in [0.4, 0.5) is 4.39 Å². The van der Waals surface area contributed by atoms with Crippen LogP contribution in [0.15, 0.2) is 36.7 Å². The van der Waals surface area contributed by atoms with Crippen LogP contribution in [0.3, 0.4) is 0 Å². The summed E-state index contributed by atoms with van der Waals surface area (Å²) in [7, 11) is 0. The second-order valence-corrected chi connectivity index (χ2v) is 4.11. The number of aromatic carboxylic acids is 1. The molecule has 19 heavy (non-hydrogen) atoms. The molecule has 1 N–H and O–H groups in total. The molecular weight excluding hydrogens is 273 g/mol. The summed E-state index contributed by atoms with van der Waals surface area (Å²) >= 11 is 5.88. The fraction of sp³-hybridized carbons (Fsp3) is 0.0769. The number of benzene rings is 1. The van der Waals surface area contributed by atoms with Crippen molar-refractivity contribution in [3.8, 4) is 5.75 Å². The number of nitrogens with zero attached hydrogens (tertiary/aromatic N) is 1. The number of aromatic nitrogens is 1. The van der Waals surface area contributed by atoms with Gasteiger partial charge >= 0.3 is 5.97 Å². The summed E-state index contributed by atoms with van der Waals surface area (Å²) in [4.78, 5) is 14.5. The van der Waals surface area contributed by atoms with Gasteiger partial charge in [0.15, 0.2) is 11.6 Å². The van der Waals surface area contributed by atoms with Crippen molar-refractivity contribution in [3.05, 3.63) is 58.6 Å². The van der Waals surface area contributed by atoms with Crippen molar-refractivity contribution in [2.24, 2.45) is 0 Å².